The van der Waals surface area contributed by atoms with E-state index in [9.17, 15) is 5.11 Å². The Bertz CT molecular complexity index is 366. The van der Waals surface area contributed by atoms with E-state index < -0.39 is 44.3 Å². The lowest BCUT2D eigenvalue weighted by molar-refractivity contribution is -0.0789. The van der Waals surface area contributed by atoms with Gasteiger partial charge in [-0.15, -0.1) is 0 Å². The van der Waals surface area contributed by atoms with E-state index in [0.29, 0.717) is 0 Å². The van der Waals surface area contributed by atoms with Gasteiger partial charge in [0.25, 0.3) is 0 Å². The van der Waals surface area contributed by atoms with Crippen LogP contribution in [0, 0.1) is 0 Å². The van der Waals surface area contributed by atoms with E-state index in [-0.39, 0.29) is 12.7 Å². The van der Waals surface area contributed by atoms with Gasteiger partial charge < -0.3 is 33.9 Å². The zero-order valence-corrected chi connectivity index (χ0v) is 17.0. The summed E-state index contributed by atoms with van der Waals surface area (Å²) in [5.41, 5.74) is 4.97. The molecular formula is C16H34NO6P. The fraction of sp³-hybridized carbons (Fsp3) is 1.00. The topological polar surface area (TPSA) is 92.4 Å². The molecule has 0 radical (unpaired) electrons. The maximum atomic E-state index is 10.1. The van der Waals surface area contributed by atoms with E-state index in [4.69, 9.17) is 28.8 Å². The highest BCUT2D eigenvalue weighted by molar-refractivity contribution is 7.41. The van der Waals surface area contributed by atoms with Crippen LogP contribution in [-0.2, 0) is 23.0 Å². The predicted molar refractivity (Wildman–Crippen MR) is 93.4 cm³/mol. The van der Waals surface area contributed by atoms with Crippen molar-refractivity contribution in [2.75, 3.05) is 6.61 Å². The van der Waals surface area contributed by atoms with Crippen molar-refractivity contribution in [3.05, 3.63) is 0 Å². The summed E-state index contributed by atoms with van der Waals surface area (Å²) in [5, 5.41) is 10.1. The molecule has 7 nitrogen and oxygen atoms in total. The molecular weight excluding hydrogens is 333 g/mol. The van der Waals surface area contributed by atoms with E-state index >= 15 is 0 Å². The molecule has 0 unspecified atom stereocenters. The highest BCUT2D eigenvalue weighted by Crippen LogP contribution is 2.47. The van der Waals surface area contributed by atoms with Gasteiger partial charge in [0.1, 0.15) is 24.5 Å². The van der Waals surface area contributed by atoms with Crippen LogP contribution in [0.5, 0.6) is 0 Å². The predicted octanol–water partition coefficient (Wildman–Crippen LogP) is 2.70. The average molecular weight is 367 g/mol. The second-order valence-corrected chi connectivity index (χ2v) is 9.28. The molecule has 24 heavy (non-hydrogen) atoms. The molecule has 1 saturated heterocycles. The van der Waals surface area contributed by atoms with E-state index in [2.05, 4.69) is 0 Å². The van der Waals surface area contributed by atoms with Crippen LogP contribution in [-0.4, -0.2) is 53.6 Å². The first-order chi connectivity index (χ1) is 10.8. The van der Waals surface area contributed by atoms with Gasteiger partial charge in [-0.2, -0.15) is 0 Å². The van der Waals surface area contributed by atoms with Crippen molar-refractivity contribution in [2.24, 2.45) is 5.73 Å². The SMILES string of the molecule is CC(C)O[C@@H]1[C@H](O)[C@H](N)O[C@@H]1COP(OC(C)(C)C)OC(C)(C)C. The first-order valence-corrected chi connectivity index (χ1v) is 9.44. The number of rotatable bonds is 7. The molecule has 1 aliphatic heterocycles. The number of aliphatic hydroxyl groups excluding tert-OH is 1. The quantitative estimate of drug-likeness (QED) is 0.668. The van der Waals surface area contributed by atoms with E-state index in [1.807, 2.05) is 55.4 Å². The smallest absolute Gasteiger partial charge is 0.333 e. The van der Waals surface area contributed by atoms with Crippen LogP contribution in [0.1, 0.15) is 55.4 Å². The lowest BCUT2D eigenvalue weighted by Crippen LogP contribution is -2.40. The maximum Gasteiger partial charge on any atom is 0.333 e. The summed E-state index contributed by atoms with van der Waals surface area (Å²) in [6.45, 7) is 15.6. The summed E-state index contributed by atoms with van der Waals surface area (Å²) in [7, 11) is -1.58. The van der Waals surface area contributed by atoms with Gasteiger partial charge in [0, 0.05) is 0 Å². The summed E-state index contributed by atoms with van der Waals surface area (Å²) < 4.78 is 28.9. The number of aliphatic hydroxyl groups is 1. The van der Waals surface area contributed by atoms with Crippen LogP contribution in [0.3, 0.4) is 0 Å². The maximum absolute atomic E-state index is 10.1. The second kappa shape index (κ2) is 8.69. The second-order valence-electron chi connectivity index (χ2n) is 8.21. The molecule has 1 aliphatic rings. The number of hydrogen-bond acceptors (Lipinski definition) is 7. The molecule has 0 aromatic carbocycles. The van der Waals surface area contributed by atoms with Crippen LogP contribution in [0.15, 0.2) is 0 Å². The Morgan fingerprint density at radius 1 is 1.08 bits per heavy atom. The highest BCUT2D eigenvalue weighted by atomic mass is 31.2. The Balaban J connectivity index is 2.69. The Kier molecular flexibility index (Phi) is 8.04. The number of hydrogen-bond donors (Lipinski definition) is 2. The molecule has 0 saturated carbocycles. The molecule has 0 aliphatic carbocycles. The molecule has 0 bridgehead atoms. The van der Waals surface area contributed by atoms with Crippen LogP contribution < -0.4 is 5.73 Å². The molecule has 1 heterocycles. The minimum atomic E-state index is -1.58. The monoisotopic (exact) mass is 367 g/mol. The Morgan fingerprint density at radius 2 is 1.58 bits per heavy atom. The van der Waals surface area contributed by atoms with E-state index in [0.717, 1.165) is 0 Å². The lowest BCUT2D eigenvalue weighted by atomic mass is 10.1. The van der Waals surface area contributed by atoms with Crippen molar-refractivity contribution in [3.63, 3.8) is 0 Å². The van der Waals surface area contributed by atoms with Crippen molar-refractivity contribution in [1.82, 2.24) is 0 Å². The van der Waals surface area contributed by atoms with Gasteiger partial charge in [0.2, 0.25) is 0 Å². The van der Waals surface area contributed by atoms with Gasteiger partial charge >= 0.3 is 8.60 Å². The first kappa shape index (κ1) is 22.2. The van der Waals surface area contributed by atoms with Crippen LogP contribution in [0.2, 0.25) is 0 Å². The summed E-state index contributed by atoms with van der Waals surface area (Å²) in [6.07, 6.45) is -2.75. The minimum absolute atomic E-state index is 0.0563. The third-order valence-corrected chi connectivity index (χ3v) is 4.60. The van der Waals surface area contributed by atoms with Gasteiger partial charge in [-0.25, -0.2) is 0 Å². The van der Waals surface area contributed by atoms with Gasteiger partial charge in [0.05, 0.1) is 23.9 Å². The van der Waals surface area contributed by atoms with Gasteiger partial charge in [-0.1, -0.05) is 0 Å². The zero-order chi connectivity index (χ0) is 18.7. The van der Waals surface area contributed by atoms with Gasteiger partial charge in [0.15, 0.2) is 0 Å². The average Bonchev–Trinajstić information content (AvgIpc) is 2.59. The fourth-order valence-corrected chi connectivity index (χ4v) is 3.34. The van der Waals surface area contributed by atoms with E-state index in [1.54, 1.807) is 0 Å². The fourth-order valence-electron chi connectivity index (χ4n) is 2.04. The molecule has 1 fully saturated rings. The van der Waals surface area contributed by atoms with Crippen molar-refractivity contribution in [2.45, 2.75) is 97.2 Å². The van der Waals surface area contributed by atoms with E-state index in [1.165, 1.54) is 0 Å². The molecule has 4 atom stereocenters. The molecule has 3 N–H and O–H groups in total. The normalized spacial score (nSPS) is 29.0. The molecule has 8 heteroatoms. The van der Waals surface area contributed by atoms with Crippen LogP contribution in [0.4, 0.5) is 0 Å². The molecule has 0 spiro atoms. The van der Waals surface area contributed by atoms with Gasteiger partial charge in [-0.05, 0) is 55.4 Å². The lowest BCUT2D eigenvalue weighted by Gasteiger charge is -2.31. The third kappa shape index (κ3) is 8.02. The Hall–Kier alpha value is 0.150. The largest absolute Gasteiger partial charge is 0.386 e. The highest BCUT2D eigenvalue weighted by Gasteiger charge is 2.44. The molecule has 1 rings (SSSR count). The standard InChI is InChI=1S/C16H34NO6P/c1-10(2)20-13-11(21-14(17)12(13)18)9-19-24(22-15(3,4)5)23-16(6,7)8/h10-14,18H,9,17H2,1-8H3/t11-,12+,13+,14-/m1/s1. The molecule has 0 aromatic rings. The molecule has 0 aromatic heterocycles. The van der Waals surface area contributed by atoms with Gasteiger partial charge in [-0.3, -0.25) is 0 Å². The van der Waals surface area contributed by atoms with Crippen molar-refractivity contribution < 1.29 is 28.2 Å². The summed E-state index contributed by atoms with van der Waals surface area (Å²) in [4.78, 5) is 0. The summed E-state index contributed by atoms with van der Waals surface area (Å²) in [5.74, 6) is 0. The molecule has 144 valence electrons. The van der Waals surface area contributed by atoms with Crippen LogP contribution >= 0.6 is 8.60 Å². The summed E-state index contributed by atoms with van der Waals surface area (Å²) >= 11 is 0. The van der Waals surface area contributed by atoms with Crippen molar-refractivity contribution in [1.29, 1.82) is 0 Å². The van der Waals surface area contributed by atoms with Crippen LogP contribution in [0.25, 0.3) is 0 Å². The Labute approximate surface area is 147 Å². The van der Waals surface area contributed by atoms with Crippen molar-refractivity contribution >= 4 is 8.60 Å². The van der Waals surface area contributed by atoms with Crippen molar-refractivity contribution in [3.8, 4) is 0 Å². The molecule has 0 amide bonds. The Morgan fingerprint density at radius 3 is 2.00 bits per heavy atom. The summed E-state index contributed by atoms with van der Waals surface area (Å²) in [6, 6.07) is 0. The number of nitrogens with two attached hydrogens (primary N) is 1. The zero-order valence-electron chi connectivity index (χ0n) is 16.1. The third-order valence-electron chi connectivity index (χ3n) is 2.84. The first-order valence-electron chi connectivity index (χ1n) is 8.34. The minimum Gasteiger partial charge on any atom is -0.386 e. The number of ether oxygens (including phenoxy) is 2.